The lowest BCUT2D eigenvalue weighted by molar-refractivity contribution is -0.126. The zero-order valence-corrected chi connectivity index (χ0v) is 13.8. The Kier molecular flexibility index (Phi) is 7.00. The van der Waals surface area contributed by atoms with Gasteiger partial charge in [-0.2, -0.15) is 13.2 Å². The number of aliphatic imine (C=N–C) groups is 1. The number of alkyl halides is 3. The number of rotatable bonds is 7. The highest BCUT2D eigenvalue weighted by atomic mass is 19.4. The van der Waals surface area contributed by atoms with Crippen LogP contribution in [0.4, 0.5) is 13.2 Å². The van der Waals surface area contributed by atoms with Crippen LogP contribution in [-0.2, 0) is 4.79 Å². The first-order valence-corrected chi connectivity index (χ1v) is 7.49. The largest absolute Gasteiger partial charge is 0.431 e. The van der Waals surface area contributed by atoms with Gasteiger partial charge in [-0.25, -0.2) is 0 Å². The van der Waals surface area contributed by atoms with Crippen molar-refractivity contribution in [3.8, 4) is 0 Å². The van der Waals surface area contributed by atoms with Crippen molar-refractivity contribution in [2.45, 2.75) is 25.9 Å². The predicted octanol–water partition coefficient (Wildman–Crippen LogP) is 3.35. The number of amides is 1. The molecule has 0 bridgehead atoms. The maximum atomic E-state index is 12.9. The van der Waals surface area contributed by atoms with Crippen molar-refractivity contribution in [3.05, 3.63) is 47.9 Å². The van der Waals surface area contributed by atoms with Crippen molar-refractivity contribution < 1.29 is 18.0 Å². The molecule has 0 aromatic carbocycles. The fourth-order valence-electron chi connectivity index (χ4n) is 1.98. The van der Waals surface area contributed by atoms with Crippen LogP contribution in [-0.4, -0.2) is 36.8 Å². The first-order chi connectivity index (χ1) is 11.2. The predicted molar refractivity (Wildman–Crippen MR) is 89.2 cm³/mol. The highest BCUT2D eigenvalue weighted by Crippen LogP contribution is 2.32. The van der Waals surface area contributed by atoms with Gasteiger partial charge in [-0.3, -0.25) is 9.79 Å². The van der Waals surface area contributed by atoms with E-state index in [4.69, 9.17) is 5.73 Å². The van der Waals surface area contributed by atoms with Crippen LogP contribution >= 0.6 is 0 Å². The van der Waals surface area contributed by atoms with Crippen molar-refractivity contribution in [1.29, 1.82) is 0 Å². The molecule has 132 valence electrons. The Balaban J connectivity index is 3.23. The highest BCUT2D eigenvalue weighted by molar-refractivity contribution is 6.13. The van der Waals surface area contributed by atoms with E-state index >= 15 is 0 Å². The second-order valence-corrected chi connectivity index (χ2v) is 5.50. The topological polar surface area (TPSA) is 58.7 Å². The molecule has 1 saturated carbocycles. The number of carbonyl (C=O) groups excluding carboxylic acids is 1. The maximum Gasteiger partial charge on any atom is 0.431 e. The van der Waals surface area contributed by atoms with Crippen LogP contribution in [0.3, 0.4) is 0 Å². The van der Waals surface area contributed by atoms with Gasteiger partial charge in [0, 0.05) is 25.5 Å². The average molecular weight is 341 g/mol. The first kappa shape index (κ1) is 19.7. The molecule has 1 aliphatic rings. The molecule has 1 aliphatic carbocycles. The van der Waals surface area contributed by atoms with Crippen LogP contribution in [0.2, 0.25) is 0 Å². The molecule has 1 amide bonds. The SMILES string of the molecule is C=C/C=C\C=C(/C)N(CC1CC1)C(=O)C(C=NC)=C(N)C(F)(F)F. The fourth-order valence-corrected chi connectivity index (χ4v) is 1.98. The second kappa shape index (κ2) is 8.52. The van der Waals surface area contributed by atoms with Crippen molar-refractivity contribution >= 4 is 12.1 Å². The Morgan fingerprint density at radius 2 is 2.00 bits per heavy atom. The van der Waals surface area contributed by atoms with Gasteiger partial charge in [-0.1, -0.05) is 24.8 Å². The molecule has 0 heterocycles. The van der Waals surface area contributed by atoms with Gasteiger partial charge in [0.05, 0.1) is 5.57 Å². The molecular formula is C17H22F3N3O. The smallest absolute Gasteiger partial charge is 0.394 e. The van der Waals surface area contributed by atoms with E-state index in [0.717, 1.165) is 19.1 Å². The number of carbonyl (C=O) groups is 1. The lowest BCUT2D eigenvalue weighted by atomic mass is 10.1. The zero-order valence-electron chi connectivity index (χ0n) is 13.8. The molecule has 1 rings (SSSR count). The van der Waals surface area contributed by atoms with Crippen molar-refractivity contribution in [2.24, 2.45) is 16.6 Å². The molecule has 7 heteroatoms. The van der Waals surface area contributed by atoms with E-state index in [1.54, 1.807) is 31.2 Å². The summed E-state index contributed by atoms with van der Waals surface area (Å²) in [5.74, 6) is -0.504. The van der Waals surface area contributed by atoms with Gasteiger partial charge < -0.3 is 10.6 Å². The summed E-state index contributed by atoms with van der Waals surface area (Å²) < 4.78 is 38.8. The van der Waals surface area contributed by atoms with Gasteiger partial charge in [0.15, 0.2) is 0 Å². The van der Waals surface area contributed by atoms with Crippen molar-refractivity contribution in [2.75, 3.05) is 13.6 Å². The average Bonchev–Trinajstić information content (AvgIpc) is 3.32. The van der Waals surface area contributed by atoms with E-state index in [1.807, 2.05) is 0 Å². The molecule has 24 heavy (non-hydrogen) atoms. The number of nitrogens with zero attached hydrogens (tertiary/aromatic N) is 2. The molecule has 1 fully saturated rings. The molecule has 0 aliphatic heterocycles. The fraction of sp³-hybridized carbons (Fsp3) is 0.412. The Labute approximate surface area is 139 Å². The number of allylic oxidation sites excluding steroid dienone is 6. The summed E-state index contributed by atoms with van der Waals surface area (Å²) in [6, 6.07) is 0. The van der Waals surface area contributed by atoms with Crippen LogP contribution in [0.15, 0.2) is 52.8 Å². The van der Waals surface area contributed by atoms with E-state index in [2.05, 4.69) is 11.6 Å². The minimum atomic E-state index is -4.79. The van der Waals surface area contributed by atoms with E-state index < -0.39 is 23.4 Å². The molecule has 0 radical (unpaired) electrons. The van der Waals surface area contributed by atoms with Crippen LogP contribution in [0.1, 0.15) is 19.8 Å². The summed E-state index contributed by atoms with van der Waals surface area (Å²) in [5, 5.41) is 0. The second-order valence-electron chi connectivity index (χ2n) is 5.50. The lowest BCUT2D eigenvalue weighted by Gasteiger charge is -2.24. The number of hydrogen-bond donors (Lipinski definition) is 1. The third-order valence-corrected chi connectivity index (χ3v) is 3.48. The van der Waals surface area contributed by atoms with Gasteiger partial charge in [0.25, 0.3) is 5.91 Å². The van der Waals surface area contributed by atoms with Crippen molar-refractivity contribution in [1.82, 2.24) is 4.90 Å². The van der Waals surface area contributed by atoms with Gasteiger partial charge in [-0.15, -0.1) is 0 Å². The minimum absolute atomic E-state index is 0.299. The van der Waals surface area contributed by atoms with Crippen LogP contribution < -0.4 is 5.73 Å². The quantitative estimate of drug-likeness (QED) is 0.439. The molecule has 4 nitrogen and oxygen atoms in total. The monoisotopic (exact) mass is 341 g/mol. The summed E-state index contributed by atoms with van der Waals surface area (Å²) in [4.78, 5) is 17.5. The molecule has 0 atom stereocenters. The Hall–Kier alpha value is -2.31. The third kappa shape index (κ3) is 5.72. The normalized spacial score (nSPS) is 17.3. The summed E-state index contributed by atoms with van der Waals surface area (Å²) in [6.45, 7) is 5.56. The van der Waals surface area contributed by atoms with E-state index in [-0.39, 0.29) is 0 Å². The Morgan fingerprint density at radius 1 is 1.38 bits per heavy atom. The minimum Gasteiger partial charge on any atom is -0.394 e. The molecule has 0 saturated heterocycles. The molecule has 2 N–H and O–H groups in total. The highest BCUT2D eigenvalue weighted by Gasteiger charge is 2.37. The van der Waals surface area contributed by atoms with Gasteiger partial charge >= 0.3 is 6.18 Å². The summed E-state index contributed by atoms with van der Waals surface area (Å²) in [6.07, 6.45) is 4.51. The zero-order chi connectivity index (χ0) is 18.3. The van der Waals surface area contributed by atoms with Crippen LogP contribution in [0, 0.1) is 5.92 Å². The molecule has 0 aromatic heterocycles. The van der Waals surface area contributed by atoms with E-state index in [9.17, 15) is 18.0 Å². The first-order valence-electron chi connectivity index (χ1n) is 7.49. The standard InChI is InChI=1S/C17H22F3N3O/c1-4-5-6-7-12(2)23(11-13-8-9-13)16(24)14(10-22-3)15(21)17(18,19)20/h4-7,10,13H,1,8-9,11,21H2,2-3H3/b6-5-,12-7+,15-14?,22-10?. The lowest BCUT2D eigenvalue weighted by Crippen LogP contribution is -2.36. The molecule has 0 spiro atoms. The van der Waals surface area contributed by atoms with E-state index in [0.29, 0.717) is 18.2 Å². The van der Waals surface area contributed by atoms with Gasteiger partial charge in [0.2, 0.25) is 0 Å². The van der Waals surface area contributed by atoms with Crippen LogP contribution in [0.5, 0.6) is 0 Å². The molecular weight excluding hydrogens is 319 g/mol. The summed E-state index contributed by atoms with van der Waals surface area (Å²) in [5.41, 5.74) is 3.60. The Morgan fingerprint density at radius 3 is 2.46 bits per heavy atom. The van der Waals surface area contributed by atoms with Gasteiger partial charge in [0.1, 0.15) is 5.70 Å². The van der Waals surface area contributed by atoms with Crippen molar-refractivity contribution in [3.63, 3.8) is 0 Å². The summed E-state index contributed by atoms with van der Waals surface area (Å²) in [7, 11) is 1.29. The number of halogens is 3. The third-order valence-electron chi connectivity index (χ3n) is 3.48. The molecule has 0 unspecified atom stereocenters. The van der Waals surface area contributed by atoms with Gasteiger partial charge in [-0.05, 0) is 31.8 Å². The molecule has 0 aromatic rings. The number of hydrogen-bond acceptors (Lipinski definition) is 3. The maximum absolute atomic E-state index is 12.9. The Bertz CT molecular complexity index is 597. The summed E-state index contributed by atoms with van der Waals surface area (Å²) >= 11 is 0. The van der Waals surface area contributed by atoms with Crippen LogP contribution in [0.25, 0.3) is 0 Å². The van der Waals surface area contributed by atoms with E-state index in [1.165, 1.54) is 11.9 Å². The number of nitrogens with two attached hydrogens (primary N) is 1.